The van der Waals surface area contributed by atoms with Gasteiger partial charge >= 0.3 is 0 Å². The lowest BCUT2D eigenvalue weighted by atomic mass is 10.2. The molecule has 0 heteroatoms. The molecular weight excluding hydrogens is 156 g/mol. The van der Waals surface area contributed by atoms with Gasteiger partial charge in [0.1, 0.15) is 0 Å². The van der Waals surface area contributed by atoms with Crippen LogP contribution in [0.15, 0.2) is 42.5 Å². The Balaban J connectivity index is 2.38. The summed E-state index contributed by atoms with van der Waals surface area (Å²) < 4.78 is 0. The maximum absolute atomic E-state index is 3.26. The van der Waals surface area contributed by atoms with Crippen LogP contribution in [0.3, 0.4) is 0 Å². The third-order valence-electron chi connectivity index (χ3n) is 1.95. The van der Waals surface area contributed by atoms with Gasteiger partial charge in [0.2, 0.25) is 0 Å². The highest BCUT2D eigenvalue weighted by molar-refractivity contribution is 5.11. The highest BCUT2D eigenvalue weighted by Crippen LogP contribution is 2.02. The molecule has 0 aromatic carbocycles. The second-order valence-corrected chi connectivity index (χ2v) is 3.14. The molecule has 0 saturated carbocycles. The molecule has 1 aliphatic carbocycles. The lowest BCUT2D eigenvalue weighted by Gasteiger charge is -1.91. The van der Waals surface area contributed by atoms with Crippen LogP contribution in [0.4, 0.5) is 0 Å². The zero-order valence-corrected chi connectivity index (χ0v) is 8.08. The second kappa shape index (κ2) is 7.60. The van der Waals surface area contributed by atoms with Gasteiger partial charge in [-0.3, -0.25) is 0 Å². The Labute approximate surface area is 81.4 Å². The van der Waals surface area contributed by atoms with Crippen molar-refractivity contribution in [3.8, 4) is 0 Å². The fourth-order valence-electron chi connectivity index (χ4n) is 1.21. The van der Waals surface area contributed by atoms with Crippen molar-refractivity contribution in [2.45, 2.75) is 32.1 Å². The first kappa shape index (κ1) is 10.0. The van der Waals surface area contributed by atoms with Crippen molar-refractivity contribution in [2.75, 3.05) is 0 Å². The fraction of sp³-hybridized carbons (Fsp3) is 0.385. The maximum Gasteiger partial charge on any atom is -0.00948 e. The molecule has 69 valence electrons. The molecule has 13 heavy (non-hydrogen) atoms. The van der Waals surface area contributed by atoms with Crippen LogP contribution in [0.1, 0.15) is 32.1 Å². The molecule has 0 aliphatic heterocycles. The normalized spacial score (nSPS) is 19.1. The molecule has 0 spiro atoms. The smallest absolute Gasteiger partial charge is 0.00948 e. The fourth-order valence-corrected chi connectivity index (χ4v) is 1.21. The van der Waals surface area contributed by atoms with E-state index in [0.29, 0.717) is 0 Å². The van der Waals surface area contributed by atoms with Crippen molar-refractivity contribution in [1.82, 2.24) is 0 Å². The molecule has 0 heterocycles. The van der Waals surface area contributed by atoms with E-state index in [1.807, 2.05) is 0 Å². The first-order chi connectivity index (χ1) is 6.50. The van der Waals surface area contributed by atoms with Crippen LogP contribution in [0.2, 0.25) is 0 Å². The first-order valence-corrected chi connectivity index (χ1v) is 5.03. The van der Waals surface area contributed by atoms with Gasteiger partial charge < -0.3 is 0 Å². The van der Waals surface area contributed by atoms with Crippen molar-refractivity contribution in [3.05, 3.63) is 48.6 Å². The van der Waals surface area contributed by atoms with Gasteiger partial charge in [0.05, 0.1) is 0 Å². The molecule has 0 nitrogen and oxygen atoms in total. The summed E-state index contributed by atoms with van der Waals surface area (Å²) in [4.78, 5) is 0. The molecule has 0 amide bonds. The van der Waals surface area contributed by atoms with E-state index in [1.54, 1.807) is 0 Å². The van der Waals surface area contributed by atoms with E-state index in [2.05, 4.69) is 48.6 Å². The van der Waals surface area contributed by atoms with E-state index in [0.717, 1.165) is 6.42 Å². The third kappa shape index (κ3) is 6.15. The molecule has 1 radical (unpaired) electrons. The summed E-state index contributed by atoms with van der Waals surface area (Å²) in [7, 11) is 0. The van der Waals surface area contributed by atoms with E-state index < -0.39 is 0 Å². The Morgan fingerprint density at radius 2 is 1.54 bits per heavy atom. The minimum absolute atomic E-state index is 0.939. The Kier molecular flexibility index (Phi) is 5.87. The largest absolute Gasteiger partial charge is 0.0845 e. The standard InChI is InChI=1S/C13H17/c1-2-4-6-8-10-12-13-11-9-7-5-3-1/h1-6,12H,7-9,11,13H2. The number of hydrogen-bond donors (Lipinski definition) is 0. The lowest BCUT2D eigenvalue weighted by molar-refractivity contribution is 0.760. The van der Waals surface area contributed by atoms with Crippen LogP contribution < -0.4 is 0 Å². The van der Waals surface area contributed by atoms with E-state index in [9.17, 15) is 0 Å². The van der Waals surface area contributed by atoms with Crippen molar-refractivity contribution in [3.63, 3.8) is 0 Å². The molecule has 0 bridgehead atoms. The summed E-state index contributed by atoms with van der Waals surface area (Å²) in [6.07, 6.45) is 24.0. The van der Waals surface area contributed by atoms with Gasteiger partial charge in [-0.15, -0.1) is 0 Å². The van der Waals surface area contributed by atoms with Crippen LogP contribution in [-0.4, -0.2) is 0 Å². The van der Waals surface area contributed by atoms with Crippen LogP contribution in [0, 0.1) is 6.08 Å². The van der Waals surface area contributed by atoms with E-state index in [4.69, 9.17) is 0 Å². The van der Waals surface area contributed by atoms with E-state index in [1.165, 1.54) is 25.7 Å². The van der Waals surface area contributed by atoms with Crippen LogP contribution in [0.25, 0.3) is 0 Å². The molecule has 1 rings (SSSR count). The zero-order valence-electron chi connectivity index (χ0n) is 8.08. The minimum Gasteiger partial charge on any atom is -0.0845 e. The van der Waals surface area contributed by atoms with Gasteiger partial charge in [0, 0.05) is 0 Å². The summed E-state index contributed by atoms with van der Waals surface area (Å²) in [5, 5.41) is 0. The van der Waals surface area contributed by atoms with Gasteiger partial charge in [0.15, 0.2) is 0 Å². The topological polar surface area (TPSA) is 0 Å². The molecular formula is C13H17. The monoisotopic (exact) mass is 173 g/mol. The highest BCUT2D eigenvalue weighted by Gasteiger charge is 1.83. The summed E-state index contributed by atoms with van der Waals surface area (Å²) >= 11 is 0. The average molecular weight is 173 g/mol. The number of allylic oxidation sites excluding steroid dienone is 8. The number of hydrogen-bond acceptors (Lipinski definition) is 0. The van der Waals surface area contributed by atoms with Crippen molar-refractivity contribution in [1.29, 1.82) is 0 Å². The predicted molar refractivity (Wildman–Crippen MR) is 58.3 cm³/mol. The van der Waals surface area contributed by atoms with Gasteiger partial charge in [0.25, 0.3) is 0 Å². The maximum atomic E-state index is 3.26. The predicted octanol–water partition coefficient (Wildman–Crippen LogP) is 3.98. The summed E-state index contributed by atoms with van der Waals surface area (Å²) in [5.74, 6) is 0. The van der Waals surface area contributed by atoms with E-state index in [-0.39, 0.29) is 0 Å². The highest BCUT2D eigenvalue weighted by atomic mass is 13.9. The Bertz CT molecular complexity index is 216. The molecule has 0 fully saturated rings. The molecule has 0 saturated heterocycles. The Morgan fingerprint density at radius 1 is 0.769 bits per heavy atom. The molecule has 0 aromatic rings. The Morgan fingerprint density at radius 3 is 2.46 bits per heavy atom. The van der Waals surface area contributed by atoms with Gasteiger partial charge in [-0.1, -0.05) is 42.5 Å². The minimum atomic E-state index is 0.939. The van der Waals surface area contributed by atoms with Crippen molar-refractivity contribution < 1.29 is 0 Å². The molecule has 0 unspecified atom stereocenters. The van der Waals surface area contributed by atoms with E-state index >= 15 is 0 Å². The Hall–Kier alpha value is -1.04. The average Bonchev–Trinajstić information content (AvgIpc) is 2.18. The van der Waals surface area contributed by atoms with Crippen LogP contribution >= 0.6 is 0 Å². The van der Waals surface area contributed by atoms with Gasteiger partial charge in [-0.2, -0.15) is 0 Å². The number of rotatable bonds is 0. The summed E-state index contributed by atoms with van der Waals surface area (Å²) in [6, 6.07) is 0. The summed E-state index contributed by atoms with van der Waals surface area (Å²) in [5.41, 5.74) is 0. The quantitative estimate of drug-likeness (QED) is 0.520. The first-order valence-electron chi connectivity index (χ1n) is 5.03. The van der Waals surface area contributed by atoms with Crippen LogP contribution in [0.5, 0.6) is 0 Å². The van der Waals surface area contributed by atoms with Crippen molar-refractivity contribution >= 4 is 0 Å². The van der Waals surface area contributed by atoms with Gasteiger partial charge in [-0.25, -0.2) is 0 Å². The third-order valence-corrected chi connectivity index (χ3v) is 1.95. The SMILES string of the molecule is [C]1=CCCCCC=CC=CC=CC1. The lowest BCUT2D eigenvalue weighted by Crippen LogP contribution is -1.72. The molecule has 0 atom stereocenters. The second-order valence-electron chi connectivity index (χ2n) is 3.14. The van der Waals surface area contributed by atoms with Gasteiger partial charge in [-0.05, 0) is 38.2 Å². The summed E-state index contributed by atoms with van der Waals surface area (Å²) in [6.45, 7) is 0. The van der Waals surface area contributed by atoms with Crippen LogP contribution in [-0.2, 0) is 0 Å². The molecule has 0 N–H and O–H groups in total. The van der Waals surface area contributed by atoms with Crippen molar-refractivity contribution in [2.24, 2.45) is 0 Å². The molecule has 1 aliphatic rings. The molecule has 0 aromatic heterocycles. The zero-order chi connectivity index (χ0) is 9.19.